The molecule has 1 amide bonds. The van der Waals surface area contributed by atoms with E-state index in [1.165, 1.54) is 11.1 Å². The van der Waals surface area contributed by atoms with Gasteiger partial charge < -0.3 is 15.4 Å². The molecule has 0 heterocycles. The second-order valence-electron chi connectivity index (χ2n) is 4.38. The first-order chi connectivity index (χ1) is 8.61. The van der Waals surface area contributed by atoms with E-state index in [9.17, 15) is 4.79 Å². The van der Waals surface area contributed by atoms with Gasteiger partial charge in [-0.05, 0) is 44.2 Å². The molecule has 19 heavy (non-hydrogen) atoms. The zero-order valence-corrected chi connectivity index (χ0v) is 12.6. The molecule has 0 saturated carbocycles. The lowest BCUT2D eigenvalue weighted by Gasteiger charge is -2.09. The molecule has 0 spiro atoms. The van der Waals surface area contributed by atoms with Gasteiger partial charge in [0.05, 0.1) is 6.54 Å². The molecule has 0 saturated heterocycles. The number of nitrogens with one attached hydrogen (secondary N) is 2. The maximum absolute atomic E-state index is 11.3. The Balaban J connectivity index is 0.00000324. The highest BCUT2D eigenvalue weighted by Crippen LogP contribution is 2.15. The van der Waals surface area contributed by atoms with Crippen LogP contribution in [0.3, 0.4) is 0 Å². The van der Waals surface area contributed by atoms with Gasteiger partial charge in [-0.1, -0.05) is 6.07 Å². The Morgan fingerprint density at radius 2 is 1.79 bits per heavy atom. The molecule has 0 atom stereocenters. The summed E-state index contributed by atoms with van der Waals surface area (Å²) in [5, 5.41) is 5.75. The average Bonchev–Trinajstić information content (AvgIpc) is 2.31. The number of aryl methyl sites for hydroxylation is 2. The zero-order valence-electron chi connectivity index (χ0n) is 11.8. The second-order valence-corrected chi connectivity index (χ2v) is 4.38. The number of benzene rings is 1. The minimum atomic E-state index is 0. The largest absolute Gasteiger partial charge is 0.492 e. The maximum Gasteiger partial charge on any atom is 0.221 e. The Morgan fingerprint density at radius 3 is 2.37 bits per heavy atom. The third kappa shape index (κ3) is 7.70. The fourth-order valence-corrected chi connectivity index (χ4v) is 1.70. The van der Waals surface area contributed by atoms with Gasteiger partial charge in [0, 0.05) is 13.0 Å². The molecule has 1 aromatic carbocycles. The first-order valence-corrected chi connectivity index (χ1v) is 6.24. The molecule has 0 fully saturated rings. The van der Waals surface area contributed by atoms with Crippen molar-refractivity contribution in [2.75, 3.05) is 26.7 Å². The van der Waals surface area contributed by atoms with Crippen molar-refractivity contribution in [1.29, 1.82) is 0 Å². The fraction of sp³-hybridized carbons (Fsp3) is 0.500. The zero-order chi connectivity index (χ0) is 13.4. The smallest absolute Gasteiger partial charge is 0.221 e. The van der Waals surface area contributed by atoms with Crippen molar-refractivity contribution < 1.29 is 9.53 Å². The van der Waals surface area contributed by atoms with Gasteiger partial charge in [0.2, 0.25) is 5.91 Å². The van der Waals surface area contributed by atoms with E-state index in [1.807, 2.05) is 33.0 Å². The Kier molecular flexibility index (Phi) is 9.00. The number of carbonyl (C=O) groups excluding carboxylic acids is 1. The molecule has 0 bridgehead atoms. The number of ether oxygens (including phenoxy) is 1. The summed E-state index contributed by atoms with van der Waals surface area (Å²) < 4.78 is 5.59. The maximum atomic E-state index is 11.3. The highest BCUT2D eigenvalue weighted by molar-refractivity contribution is 5.85. The lowest BCUT2D eigenvalue weighted by Crippen LogP contribution is -2.30. The molecule has 0 aliphatic rings. The minimum Gasteiger partial charge on any atom is -0.492 e. The standard InChI is InChI=1S/C14H22N2O2.ClH/c1-11-8-12(2)10-13(9-11)18-7-6-16-14(17)4-5-15-3;/h8-10,15H,4-7H2,1-3H3,(H,16,17);1H. The van der Waals surface area contributed by atoms with Crippen LogP contribution in [0.2, 0.25) is 0 Å². The van der Waals surface area contributed by atoms with E-state index in [4.69, 9.17) is 4.74 Å². The summed E-state index contributed by atoms with van der Waals surface area (Å²) in [4.78, 5) is 11.3. The van der Waals surface area contributed by atoms with Crippen LogP contribution in [-0.4, -0.2) is 32.7 Å². The van der Waals surface area contributed by atoms with E-state index in [0.717, 1.165) is 5.75 Å². The van der Waals surface area contributed by atoms with Gasteiger partial charge in [0.25, 0.3) is 0 Å². The fourth-order valence-electron chi connectivity index (χ4n) is 1.70. The number of hydrogen-bond donors (Lipinski definition) is 2. The van der Waals surface area contributed by atoms with Crippen molar-refractivity contribution in [2.45, 2.75) is 20.3 Å². The second kappa shape index (κ2) is 9.64. The number of rotatable bonds is 7. The van der Waals surface area contributed by atoms with Crippen LogP contribution in [-0.2, 0) is 4.79 Å². The lowest BCUT2D eigenvalue weighted by molar-refractivity contribution is -0.121. The highest BCUT2D eigenvalue weighted by atomic mass is 35.5. The molecular weight excluding hydrogens is 264 g/mol. The first kappa shape index (κ1) is 17.7. The van der Waals surface area contributed by atoms with Crippen molar-refractivity contribution in [3.05, 3.63) is 29.3 Å². The molecule has 2 N–H and O–H groups in total. The summed E-state index contributed by atoms with van der Waals surface area (Å²) in [6, 6.07) is 6.10. The molecule has 4 nitrogen and oxygen atoms in total. The van der Waals surface area contributed by atoms with Crippen LogP contribution in [0, 0.1) is 13.8 Å². The van der Waals surface area contributed by atoms with Crippen LogP contribution in [0.1, 0.15) is 17.5 Å². The van der Waals surface area contributed by atoms with Crippen molar-refractivity contribution in [2.24, 2.45) is 0 Å². The van der Waals surface area contributed by atoms with E-state index in [1.54, 1.807) is 0 Å². The number of hydrogen-bond acceptors (Lipinski definition) is 3. The van der Waals surface area contributed by atoms with E-state index < -0.39 is 0 Å². The van der Waals surface area contributed by atoms with Gasteiger partial charge in [-0.3, -0.25) is 4.79 Å². The number of amides is 1. The molecule has 0 aliphatic heterocycles. The number of carbonyl (C=O) groups is 1. The van der Waals surface area contributed by atoms with Gasteiger partial charge >= 0.3 is 0 Å². The van der Waals surface area contributed by atoms with Crippen LogP contribution in [0.25, 0.3) is 0 Å². The normalized spacial score (nSPS) is 9.63. The molecule has 5 heteroatoms. The predicted molar refractivity (Wildman–Crippen MR) is 80.2 cm³/mol. The van der Waals surface area contributed by atoms with Crippen LogP contribution >= 0.6 is 12.4 Å². The predicted octanol–water partition coefficient (Wildman–Crippen LogP) is 1.83. The Morgan fingerprint density at radius 1 is 1.16 bits per heavy atom. The third-order valence-electron chi connectivity index (χ3n) is 2.49. The molecule has 1 rings (SSSR count). The first-order valence-electron chi connectivity index (χ1n) is 6.24. The Bertz CT molecular complexity index is 377. The lowest BCUT2D eigenvalue weighted by atomic mass is 10.1. The minimum absolute atomic E-state index is 0. The van der Waals surface area contributed by atoms with Crippen molar-refractivity contribution in [1.82, 2.24) is 10.6 Å². The molecule has 0 radical (unpaired) electrons. The molecule has 1 aromatic rings. The van der Waals surface area contributed by atoms with E-state index in [-0.39, 0.29) is 18.3 Å². The summed E-state index contributed by atoms with van der Waals surface area (Å²) in [7, 11) is 1.83. The monoisotopic (exact) mass is 286 g/mol. The molecule has 0 aromatic heterocycles. The third-order valence-corrected chi connectivity index (χ3v) is 2.49. The average molecular weight is 287 g/mol. The van der Waals surface area contributed by atoms with E-state index >= 15 is 0 Å². The van der Waals surface area contributed by atoms with Gasteiger partial charge in [0.15, 0.2) is 0 Å². The van der Waals surface area contributed by atoms with Crippen LogP contribution in [0.4, 0.5) is 0 Å². The van der Waals surface area contributed by atoms with Crippen molar-refractivity contribution >= 4 is 18.3 Å². The van der Waals surface area contributed by atoms with Crippen LogP contribution in [0.15, 0.2) is 18.2 Å². The Hall–Kier alpha value is -1.26. The number of halogens is 1. The van der Waals surface area contributed by atoms with Crippen molar-refractivity contribution in [3.63, 3.8) is 0 Å². The van der Waals surface area contributed by atoms with Crippen LogP contribution < -0.4 is 15.4 Å². The Labute approximate surface area is 121 Å². The summed E-state index contributed by atoms with van der Waals surface area (Å²) in [6.07, 6.45) is 0.500. The molecular formula is C14H23ClN2O2. The van der Waals surface area contributed by atoms with Crippen molar-refractivity contribution in [3.8, 4) is 5.75 Å². The molecule has 0 aliphatic carbocycles. The van der Waals surface area contributed by atoms with E-state index in [0.29, 0.717) is 26.1 Å². The molecule has 0 unspecified atom stereocenters. The highest BCUT2D eigenvalue weighted by Gasteiger charge is 2.00. The summed E-state index contributed by atoms with van der Waals surface area (Å²) in [6.45, 7) is 5.81. The SMILES string of the molecule is CNCCC(=O)NCCOc1cc(C)cc(C)c1.Cl. The summed E-state index contributed by atoms with van der Waals surface area (Å²) in [5.41, 5.74) is 2.37. The van der Waals surface area contributed by atoms with E-state index in [2.05, 4.69) is 16.7 Å². The summed E-state index contributed by atoms with van der Waals surface area (Å²) >= 11 is 0. The molecule has 108 valence electrons. The van der Waals surface area contributed by atoms with Crippen LogP contribution in [0.5, 0.6) is 5.75 Å². The van der Waals surface area contributed by atoms with Gasteiger partial charge in [-0.15, -0.1) is 12.4 Å². The quantitative estimate of drug-likeness (QED) is 0.752. The summed E-state index contributed by atoms with van der Waals surface area (Å²) in [5.74, 6) is 0.908. The van der Waals surface area contributed by atoms with Gasteiger partial charge in [0.1, 0.15) is 12.4 Å². The van der Waals surface area contributed by atoms with Gasteiger partial charge in [-0.25, -0.2) is 0 Å². The topological polar surface area (TPSA) is 50.4 Å². The van der Waals surface area contributed by atoms with Gasteiger partial charge in [-0.2, -0.15) is 0 Å².